The lowest BCUT2D eigenvalue weighted by atomic mass is 10.2. The van der Waals surface area contributed by atoms with Crippen molar-refractivity contribution in [2.24, 2.45) is 0 Å². The third kappa shape index (κ3) is 2.79. The fraction of sp³-hybridized carbons (Fsp3) is 0.400. The Labute approximate surface area is 113 Å². The van der Waals surface area contributed by atoms with Gasteiger partial charge in [0.1, 0.15) is 6.54 Å². The van der Waals surface area contributed by atoms with Gasteiger partial charge in [0.25, 0.3) is 0 Å². The van der Waals surface area contributed by atoms with Crippen LogP contribution in [-0.2, 0) is 13.0 Å². The number of aromatic carboxylic acids is 1. The zero-order valence-corrected chi connectivity index (χ0v) is 10.8. The molecule has 0 saturated carbocycles. The predicted octanol–water partition coefficient (Wildman–Crippen LogP) is -0.673. The summed E-state index contributed by atoms with van der Waals surface area (Å²) < 4.78 is 1.43. The topological polar surface area (TPSA) is 159 Å². The van der Waals surface area contributed by atoms with Crippen molar-refractivity contribution in [3.8, 4) is 0 Å². The minimum absolute atomic E-state index is 0.00288. The van der Waals surface area contributed by atoms with E-state index < -0.39 is 5.97 Å². The fourth-order valence-electron chi connectivity index (χ4n) is 1.77. The molecule has 2 heterocycles. The summed E-state index contributed by atoms with van der Waals surface area (Å²) >= 11 is 0. The van der Waals surface area contributed by atoms with Gasteiger partial charge >= 0.3 is 5.97 Å². The van der Waals surface area contributed by atoms with E-state index in [1.54, 1.807) is 0 Å². The summed E-state index contributed by atoms with van der Waals surface area (Å²) in [6.07, 6.45) is 1.29. The Hall–Kier alpha value is -2.78. The Morgan fingerprint density at radius 2 is 1.90 bits per heavy atom. The molecule has 0 aliphatic carbocycles. The maximum atomic E-state index is 11.1. The maximum absolute atomic E-state index is 11.1. The first kappa shape index (κ1) is 13.6. The Balaban J connectivity index is 2.35. The monoisotopic (exact) mass is 278 g/mol. The van der Waals surface area contributed by atoms with E-state index in [1.165, 1.54) is 4.68 Å². The summed E-state index contributed by atoms with van der Waals surface area (Å²) in [5, 5.41) is 16.5. The van der Waals surface area contributed by atoms with E-state index >= 15 is 0 Å². The number of carboxylic acids is 1. The number of hydrogen-bond acceptors (Lipinski definition) is 8. The molecule has 0 aliphatic heterocycles. The molecule has 106 valence electrons. The molecular weight excluding hydrogens is 264 g/mol. The number of nitrogens with two attached hydrogens (primary N) is 2. The number of hydrogen-bond donors (Lipinski definition) is 3. The van der Waals surface area contributed by atoms with Gasteiger partial charge in [-0.15, -0.1) is 5.10 Å². The molecule has 5 N–H and O–H groups in total. The number of anilines is 2. The second-order valence-corrected chi connectivity index (χ2v) is 4.07. The first-order valence-corrected chi connectivity index (χ1v) is 5.92. The third-order valence-electron chi connectivity index (χ3n) is 2.53. The first-order chi connectivity index (χ1) is 9.51. The average Bonchev–Trinajstić information content (AvgIpc) is 2.72. The highest BCUT2D eigenvalue weighted by atomic mass is 16.4. The lowest BCUT2D eigenvalue weighted by molar-refractivity contribution is 0.0689. The van der Waals surface area contributed by atoms with Crippen molar-refractivity contribution in [3.63, 3.8) is 0 Å². The Morgan fingerprint density at radius 1 is 1.25 bits per heavy atom. The molecule has 0 spiro atoms. The van der Waals surface area contributed by atoms with Crippen molar-refractivity contribution in [2.75, 3.05) is 11.5 Å². The highest BCUT2D eigenvalue weighted by molar-refractivity contribution is 5.86. The van der Waals surface area contributed by atoms with Crippen LogP contribution in [-0.4, -0.2) is 41.0 Å². The molecule has 0 radical (unpaired) electrons. The van der Waals surface area contributed by atoms with E-state index in [0.717, 1.165) is 6.42 Å². The van der Waals surface area contributed by atoms with E-state index in [1.807, 2.05) is 6.92 Å². The van der Waals surface area contributed by atoms with Crippen LogP contribution in [0.25, 0.3) is 0 Å². The van der Waals surface area contributed by atoms with Gasteiger partial charge in [-0.1, -0.05) is 18.6 Å². The number of rotatable bonds is 5. The number of nitrogen functional groups attached to an aromatic ring is 2. The minimum Gasteiger partial charge on any atom is -0.476 e. The van der Waals surface area contributed by atoms with Gasteiger partial charge in [-0.25, -0.2) is 9.48 Å². The molecule has 0 unspecified atom stereocenters. The van der Waals surface area contributed by atoms with Gasteiger partial charge in [-0.2, -0.15) is 15.0 Å². The molecule has 10 nitrogen and oxygen atoms in total. The van der Waals surface area contributed by atoms with E-state index in [2.05, 4.69) is 25.3 Å². The lowest BCUT2D eigenvalue weighted by Gasteiger charge is -2.06. The Bertz CT molecular complexity index is 618. The average molecular weight is 278 g/mol. The molecule has 0 amide bonds. The largest absolute Gasteiger partial charge is 0.476 e. The Kier molecular flexibility index (Phi) is 3.73. The van der Waals surface area contributed by atoms with Crippen LogP contribution in [0.1, 0.15) is 35.4 Å². The molecule has 0 fully saturated rings. The Morgan fingerprint density at radius 3 is 2.45 bits per heavy atom. The molecule has 2 rings (SSSR count). The molecule has 0 saturated heterocycles. The molecule has 0 aliphatic rings. The van der Waals surface area contributed by atoms with Crippen LogP contribution in [0.5, 0.6) is 0 Å². The quantitative estimate of drug-likeness (QED) is 0.644. The van der Waals surface area contributed by atoms with Crippen molar-refractivity contribution in [2.45, 2.75) is 26.3 Å². The van der Waals surface area contributed by atoms with E-state index in [0.29, 0.717) is 17.9 Å². The van der Waals surface area contributed by atoms with Gasteiger partial charge in [-0.05, 0) is 6.42 Å². The molecule has 20 heavy (non-hydrogen) atoms. The van der Waals surface area contributed by atoms with Crippen molar-refractivity contribution in [3.05, 3.63) is 17.2 Å². The van der Waals surface area contributed by atoms with E-state index in [-0.39, 0.29) is 24.1 Å². The highest BCUT2D eigenvalue weighted by Crippen LogP contribution is 2.10. The van der Waals surface area contributed by atoms with Gasteiger partial charge < -0.3 is 16.6 Å². The normalized spacial score (nSPS) is 10.7. The number of aromatic nitrogens is 6. The van der Waals surface area contributed by atoms with Crippen molar-refractivity contribution < 1.29 is 9.90 Å². The SMILES string of the molecule is CCCc1c(C(=O)O)nnn1Cc1nc(N)nc(N)n1. The number of carboxylic acid groups (broad SMARTS) is 1. The van der Waals surface area contributed by atoms with Crippen LogP contribution < -0.4 is 11.5 Å². The third-order valence-corrected chi connectivity index (χ3v) is 2.53. The summed E-state index contributed by atoms with van der Waals surface area (Å²) in [7, 11) is 0. The molecule has 0 atom stereocenters. The smallest absolute Gasteiger partial charge is 0.358 e. The molecule has 0 aromatic carbocycles. The van der Waals surface area contributed by atoms with Gasteiger partial charge in [-0.3, -0.25) is 0 Å². The van der Waals surface area contributed by atoms with Gasteiger partial charge in [0.05, 0.1) is 5.69 Å². The summed E-state index contributed by atoms with van der Waals surface area (Å²) in [6.45, 7) is 2.06. The first-order valence-electron chi connectivity index (χ1n) is 5.92. The predicted molar refractivity (Wildman–Crippen MR) is 68.7 cm³/mol. The molecule has 2 aromatic rings. The van der Waals surface area contributed by atoms with Crippen LogP contribution in [0, 0.1) is 0 Å². The van der Waals surface area contributed by atoms with Crippen LogP contribution in [0.15, 0.2) is 0 Å². The van der Waals surface area contributed by atoms with Crippen LogP contribution in [0.3, 0.4) is 0 Å². The minimum atomic E-state index is -1.12. The molecule has 10 heteroatoms. The zero-order valence-electron chi connectivity index (χ0n) is 10.8. The van der Waals surface area contributed by atoms with E-state index in [9.17, 15) is 4.79 Å². The lowest BCUT2D eigenvalue weighted by Crippen LogP contribution is -2.14. The van der Waals surface area contributed by atoms with E-state index in [4.69, 9.17) is 16.6 Å². The maximum Gasteiger partial charge on any atom is 0.358 e. The highest BCUT2D eigenvalue weighted by Gasteiger charge is 2.19. The van der Waals surface area contributed by atoms with Gasteiger partial charge in [0.15, 0.2) is 11.5 Å². The summed E-state index contributed by atoms with van der Waals surface area (Å²) in [5.41, 5.74) is 11.4. The van der Waals surface area contributed by atoms with Crippen LogP contribution in [0.4, 0.5) is 11.9 Å². The molecule has 2 aromatic heterocycles. The standard InChI is InChI=1S/C10H14N8O2/c1-2-3-5-7(8(19)20)16-17-18(5)4-6-13-9(11)15-10(12)14-6/h2-4H2,1H3,(H,19,20)(H4,11,12,13,14,15). The second-order valence-electron chi connectivity index (χ2n) is 4.07. The van der Waals surface area contributed by atoms with Crippen molar-refractivity contribution in [1.82, 2.24) is 29.9 Å². The summed E-state index contributed by atoms with van der Waals surface area (Å²) in [5.74, 6) is -0.810. The fourth-order valence-corrected chi connectivity index (χ4v) is 1.77. The van der Waals surface area contributed by atoms with Crippen molar-refractivity contribution in [1.29, 1.82) is 0 Å². The summed E-state index contributed by atoms with van der Waals surface area (Å²) in [6, 6.07) is 0. The molecular formula is C10H14N8O2. The number of nitrogens with zero attached hydrogens (tertiary/aromatic N) is 6. The zero-order chi connectivity index (χ0) is 14.7. The summed E-state index contributed by atoms with van der Waals surface area (Å²) in [4.78, 5) is 22.6. The van der Waals surface area contributed by atoms with Crippen LogP contribution >= 0.6 is 0 Å². The second kappa shape index (κ2) is 5.47. The number of carbonyl (C=O) groups is 1. The molecule has 0 bridgehead atoms. The van der Waals surface area contributed by atoms with Gasteiger partial charge in [0, 0.05) is 0 Å². The van der Waals surface area contributed by atoms with Gasteiger partial charge in [0.2, 0.25) is 11.9 Å². The van der Waals surface area contributed by atoms with Crippen LogP contribution in [0.2, 0.25) is 0 Å². The van der Waals surface area contributed by atoms with Crippen molar-refractivity contribution >= 4 is 17.9 Å².